The molecular formula is C28H54O2S. The Balaban J connectivity index is 1.78. The van der Waals surface area contributed by atoms with Gasteiger partial charge in [-0.05, 0) is 44.9 Å². The number of thiol groups is 1. The second-order valence-electron chi connectivity index (χ2n) is 10.0. The molecule has 0 heterocycles. The molecule has 2 nitrogen and oxygen atoms in total. The van der Waals surface area contributed by atoms with Crippen molar-refractivity contribution in [3.05, 3.63) is 0 Å². The maximum atomic E-state index is 12.1. The van der Waals surface area contributed by atoms with Crippen LogP contribution in [0.5, 0.6) is 0 Å². The summed E-state index contributed by atoms with van der Waals surface area (Å²) in [6.07, 6.45) is 30.8. The Labute approximate surface area is 200 Å². The van der Waals surface area contributed by atoms with Crippen molar-refractivity contribution in [3.63, 3.8) is 0 Å². The number of esters is 1. The maximum absolute atomic E-state index is 12.1. The Bertz CT molecular complexity index is 388. The molecule has 1 rings (SSSR count). The first-order valence-electron chi connectivity index (χ1n) is 14.1. The van der Waals surface area contributed by atoms with E-state index < -0.39 is 0 Å². The Morgan fingerprint density at radius 3 is 1.45 bits per heavy atom. The molecule has 1 aliphatic carbocycles. The number of hydrogen-bond acceptors (Lipinski definition) is 3. The summed E-state index contributed by atoms with van der Waals surface area (Å²) < 4.78 is 5.73. The highest BCUT2D eigenvalue weighted by Gasteiger charge is 2.18. The highest BCUT2D eigenvalue weighted by molar-refractivity contribution is 7.80. The third kappa shape index (κ3) is 19.0. The molecular weight excluding hydrogens is 400 g/mol. The van der Waals surface area contributed by atoms with Gasteiger partial charge in [0.25, 0.3) is 0 Å². The van der Waals surface area contributed by atoms with Crippen molar-refractivity contribution in [2.75, 3.05) is 0 Å². The fraction of sp³-hybridized carbons (Fsp3) is 0.964. The van der Waals surface area contributed by atoms with E-state index in [1.54, 1.807) is 0 Å². The van der Waals surface area contributed by atoms with E-state index in [4.69, 9.17) is 4.74 Å². The molecule has 184 valence electrons. The summed E-state index contributed by atoms with van der Waals surface area (Å²) in [4.78, 5) is 12.1. The number of hydrogen-bond donors (Lipinski definition) is 1. The summed E-state index contributed by atoms with van der Waals surface area (Å²) in [7, 11) is 0. The van der Waals surface area contributed by atoms with Crippen LogP contribution in [0.1, 0.15) is 161 Å². The Hall–Kier alpha value is -0.180. The van der Waals surface area contributed by atoms with E-state index in [9.17, 15) is 4.79 Å². The minimum atomic E-state index is 0.0361. The van der Waals surface area contributed by atoms with E-state index in [-0.39, 0.29) is 12.1 Å². The van der Waals surface area contributed by atoms with Gasteiger partial charge in [-0.2, -0.15) is 12.6 Å². The maximum Gasteiger partial charge on any atom is 0.306 e. The van der Waals surface area contributed by atoms with Gasteiger partial charge >= 0.3 is 5.97 Å². The number of unbranched alkanes of at least 4 members (excludes halogenated alkanes) is 16. The van der Waals surface area contributed by atoms with Gasteiger partial charge in [0.15, 0.2) is 0 Å². The van der Waals surface area contributed by atoms with Crippen molar-refractivity contribution in [2.24, 2.45) is 0 Å². The van der Waals surface area contributed by atoms with Crippen LogP contribution in [0.4, 0.5) is 0 Å². The monoisotopic (exact) mass is 454 g/mol. The zero-order chi connectivity index (χ0) is 22.4. The molecule has 31 heavy (non-hydrogen) atoms. The molecule has 0 aliphatic heterocycles. The predicted octanol–water partition coefficient (Wildman–Crippen LogP) is 9.59. The zero-order valence-corrected chi connectivity index (χ0v) is 21.8. The van der Waals surface area contributed by atoms with E-state index in [0.717, 1.165) is 44.9 Å². The lowest BCUT2D eigenvalue weighted by atomic mass is 9.98. The lowest BCUT2D eigenvalue weighted by Crippen LogP contribution is -2.20. The summed E-state index contributed by atoms with van der Waals surface area (Å²) >= 11 is 4.59. The van der Waals surface area contributed by atoms with Crippen LogP contribution in [-0.4, -0.2) is 17.3 Å². The van der Waals surface area contributed by atoms with Crippen LogP contribution in [0.3, 0.4) is 0 Å². The van der Waals surface area contributed by atoms with E-state index in [1.165, 1.54) is 103 Å². The van der Waals surface area contributed by atoms with Gasteiger partial charge in [-0.1, -0.05) is 110 Å². The van der Waals surface area contributed by atoms with Crippen LogP contribution in [0.15, 0.2) is 0 Å². The van der Waals surface area contributed by atoms with Crippen molar-refractivity contribution in [3.8, 4) is 0 Å². The van der Waals surface area contributed by atoms with Crippen LogP contribution in [0, 0.1) is 0 Å². The molecule has 0 amide bonds. The third-order valence-corrected chi connectivity index (χ3v) is 7.43. The van der Waals surface area contributed by atoms with Crippen molar-refractivity contribution >= 4 is 18.6 Å². The largest absolute Gasteiger partial charge is 0.462 e. The summed E-state index contributed by atoms with van der Waals surface area (Å²) in [5.41, 5.74) is 0. The van der Waals surface area contributed by atoms with Crippen molar-refractivity contribution in [2.45, 2.75) is 172 Å². The third-order valence-electron chi connectivity index (χ3n) is 6.91. The molecule has 0 aromatic heterocycles. The second-order valence-corrected chi connectivity index (χ2v) is 10.8. The molecule has 1 aliphatic rings. The van der Waals surface area contributed by atoms with Crippen LogP contribution in [0.25, 0.3) is 0 Å². The molecule has 0 saturated heterocycles. The standard InChI is InChI=1S/C28H54O2S/c1-2-3-4-5-6-7-8-9-10-11-12-13-14-15-16-17-18-25-28(29)30-26-21-19-23-27(31)24-20-22-26/h26-27,31H,2-25H2,1H3. The van der Waals surface area contributed by atoms with Crippen molar-refractivity contribution < 1.29 is 9.53 Å². The summed E-state index contributed by atoms with van der Waals surface area (Å²) in [5, 5.41) is 0.548. The molecule has 0 bridgehead atoms. The van der Waals surface area contributed by atoms with Gasteiger partial charge in [-0.15, -0.1) is 0 Å². The van der Waals surface area contributed by atoms with Crippen molar-refractivity contribution in [1.82, 2.24) is 0 Å². The van der Waals surface area contributed by atoms with Gasteiger partial charge < -0.3 is 4.74 Å². The molecule has 0 atom stereocenters. The molecule has 0 spiro atoms. The zero-order valence-electron chi connectivity index (χ0n) is 20.9. The Morgan fingerprint density at radius 2 is 1.03 bits per heavy atom. The molecule has 0 aromatic rings. The highest BCUT2D eigenvalue weighted by atomic mass is 32.1. The van der Waals surface area contributed by atoms with Crippen LogP contribution in [0.2, 0.25) is 0 Å². The number of carbonyl (C=O) groups excluding carboxylic acids is 1. The van der Waals surface area contributed by atoms with Gasteiger partial charge in [0, 0.05) is 11.7 Å². The van der Waals surface area contributed by atoms with Gasteiger partial charge in [-0.3, -0.25) is 4.79 Å². The van der Waals surface area contributed by atoms with Gasteiger partial charge in [-0.25, -0.2) is 0 Å². The average molecular weight is 455 g/mol. The Kier molecular flexibility index (Phi) is 20.2. The molecule has 0 aromatic carbocycles. The number of ether oxygens (including phenoxy) is 1. The minimum Gasteiger partial charge on any atom is -0.462 e. The van der Waals surface area contributed by atoms with E-state index in [1.807, 2.05) is 0 Å². The molecule has 0 radical (unpaired) electrons. The molecule has 0 N–H and O–H groups in total. The summed E-state index contributed by atoms with van der Waals surface area (Å²) in [5.74, 6) is 0.0361. The first-order chi connectivity index (χ1) is 15.2. The SMILES string of the molecule is CCCCCCCCCCCCCCCCCCCC(=O)OC1CCCC(S)CCC1. The minimum absolute atomic E-state index is 0.0361. The van der Waals surface area contributed by atoms with E-state index in [2.05, 4.69) is 19.6 Å². The van der Waals surface area contributed by atoms with E-state index in [0.29, 0.717) is 11.7 Å². The smallest absolute Gasteiger partial charge is 0.306 e. The fourth-order valence-electron chi connectivity index (χ4n) is 4.81. The van der Waals surface area contributed by atoms with Gasteiger partial charge in [0.1, 0.15) is 6.10 Å². The average Bonchev–Trinajstić information content (AvgIpc) is 2.74. The van der Waals surface area contributed by atoms with Crippen LogP contribution < -0.4 is 0 Å². The Morgan fingerprint density at radius 1 is 0.645 bits per heavy atom. The first kappa shape index (κ1) is 28.9. The predicted molar refractivity (Wildman–Crippen MR) is 139 cm³/mol. The quantitative estimate of drug-likeness (QED) is 0.119. The molecule has 3 heteroatoms. The normalized spacial score (nSPS) is 19.7. The van der Waals surface area contributed by atoms with Crippen molar-refractivity contribution in [1.29, 1.82) is 0 Å². The molecule has 1 saturated carbocycles. The number of rotatable bonds is 19. The van der Waals surface area contributed by atoms with Gasteiger partial charge in [0.05, 0.1) is 0 Å². The molecule has 1 fully saturated rings. The first-order valence-corrected chi connectivity index (χ1v) is 14.6. The van der Waals surface area contributed by atoms with Crippen LogP contribution >= 0.6 is 12.6 Å². The van der Waals surface area contributed by atoms with Crippen LogP contribution in [-0.2, 0) is 9.53 Å². The summed E-state index contributed by atoms with van der Waals surface area (Å²) in [6, 6.07) is 0. The fourth-order valence-corrected chi connectivity index (χ4v) is 5.17. The summed E-state index contributed by atoms with van der Waals surface area (Å²) in [6.45, 7) is 2.29. The second kappa shape index (κ2) is 21.7. The molecule has 0 unspecified atom stereocenters. The van der Waals surface area contributed by atoms with Gasteiger partial charge in [0.2, 0.25) is 0 Å². The lowest BCUT2D eigenvalue weighted by molar-refractivity contribution is -0.150. The van der Waals surface area contributed by atoms with E-state index >= 15 is 0 Å². The highest BCUT2D eigenvalue weighted by Crippen LogP contribution is 2.23. The topological polar surface area (TPSA) is 26.3 Å². The lowest BCUT2D eigenvalue weighted by Gasteiger charge is -2.22. The number of carbonyl (C=O) groups is 1.